The van der Waals surface area contributed by atoms with Crippen LogP contribution < -0.4 is 5.73 Å². The van der Waals surface area contributed by atoms with Gasteiger partial charge in [0, 0.05) is 12.2 Å². The van der Waals surface area contributed by atoms with Crippen LogP contribution in [-0.2, 0) is 6.54 Å². The van der Waals surface area contributed by atoms with Gasteiger partial charge in [0.25, 0.3) is 0 Å². The first kappa shape index (κ1) is 12.4. The Morgan fingerprint density at radius 2 is 2.15 bits per heavy atom. The maximum Gasteiger partial charge on any atom is 0.0692 e. The summed E-state index contributed by atoms with van der Waals surface area (Å²) in [5.41, 5.74) is 5.88. The molecule has 0 bridgehead atoms. The van der Waals surface area contributed by atoms with Crippen LogP contribution in [-0.4, -0.2) is 21.0 Å². The van der Waals surface area contributed by atoms with Crippen LogP contribution in [0.2, 0.25) is 0 Å². The number of nitrogens with zero attached hydrogens (tertiary/aromatic N) is 3. The second-order valence-corrected chi connectivity index (χ2v) is 3.51. The molecule has 1 unspecified atom stereocenters. The molecule has 1 aromatic rings. The van der Waals surface area contributed by atoms with E-state index >= 15 is 0 Å². The number of aromatic nitrogens is 3. The number of hydrogen-bond donors (Lipinski definition) is 1. The van der Waals surface area contributed by atoms with Crippen molar-refractivity contribution in [3.63, 3.8) is 0 Å². The highest BCUT2D eigenvalue weighted by molar-refractivity contribution is 5.85. The Bertz CT molecular complexity index is 210. The van der Waals surface area contributed by atoms with E-state index in [1.165, 1.54) is 0 Å². The molecule has 4 nitrogen and oxygen atoms in total. The van der Waals surface area contributed by atoms with E-state index in [0.717, 1.165) is 13.0 Å². The van der Waals surface area contributed by atoms with Gasteiger partial charge in [-0.15, -0.1) is 17.5 Å². The molecule has 0 radical (unpaired) electrons. The molecule has 13 heavy (non-hydrogen) atoms. The molecule has 0 aromatic carbocycles. The minimum atomic E-state index is 0. The van der Waals surface area contributed by atoms with Crippen molar-refractivity contribution >= 4 is 12.4 Å². The summed E-state index contributed by atoms with van der Waals surface area (Å²) in [5.74, 6) is 0.642. The van der Waals surface area contributed by atoms with Crippen molar-refractivity contribution < 1.29 is 0 Å². The third-order valence-corrected chi connectivity index (χ3v) is 1.67. The maximum atomic E-state index is 5.88. The van der Waals surface area contributed by atoms with Crippen LogP contribution in [0.3, 0.4) is 0 Å². The van der Waals surface area contributed by atoms with Crippen molar-refractivity contribution in [3.05, 3.63) is 12.4 Å². The predicted molar refractivity (Wildman–Crippen MR) is 54.7 cm³/mol. The zero-order valence-corrected chi connectivity index (χ0v) is 8.87. The molecule has 2 N–H and O–H groups in total. The van der Waals surface area contributed by atoms with Gasteiger partial charge in [-0.2, -0.15) is 0 Å². The Balaban J connectivity index is 0.00000144. The Kier molecular flexibility index (Phi) is 5.66. The van der Waals surface area contributed by atoms with Gasteiger partial charge in [0.2, 0.25) is 0 Å². The second-order valence-electron chi connectivity index (χ2n) is 3.51. The third-order valence-electron chi connectivity index (χ3n) is 1.67. The fourth-order valence-electron chi connectivity index (χ4n) is 1.25. The zero-order valence-electron chi connectivity index (χ0n) is 8.05. The number of halogens is 1. The van der Waals surface area contributed by atoms with Crippen molar-refractivity contribution in [3.8, 4) is 0 Å². The van der Waals surface area contributed by atoms with Gasteiger partial charge < -0.3 is 5.73 Å². The van der Waals surface area contributed by atoms with Gasteiger partial charge in [-0.25, -0.2) is 0 Å². The summed E-state index contributed by atoms with van der Waals surface area (Å²) in [4.78, 5) is 0. The topological polar surface area (TPSA) is 56.7 Å². The lowest BCUT2D eigenvalue weighted by molar-refractivity contribution is 0.423. The highest BCUT2D eigenvalue weighted by Gasteiger charge is 2.05. The van der Waals surface area contributed by atoms with Gasteiger partial charge in [0.15, 0.2) is 0 Å². The molecule has 0 saturated carbocycles. The molecule has 1 heterocycles. The normalized spacial score (nSPS) is 12.6. The lowest BCUT2D eigenvalue weighted by Gasteiger charge is -2.12. The van der Waals surface area contributed by atoms with Crippen molar-refractivity contribution in [2.75, 3.05) is 0 Å². The summed E-state index contributed by atoms with van der Waals surface area (Å²) in [6.45, 7) is 5.10. The molecule has 0 amide bonds. The zero-order chi connectivity index (χ0) is 8.97. The van der Waals surface area contributed by atoms with Crippen molar-refractivity contribution in [2.45, 2.75) is 32.9 Å². The standard InChI is InChI=1S/C8H16N4.ClH/c1-7(2)5-8(9)6-12-4-3-10-11-12;/h3-4,7-8H,5-6,9H2,1-2H3;1H. The summed E-state index contributed by atoms with van der Waals surface area (Å²) in [7, 11) is 0. The monoisotopic (exact) mass is 204 g/mol. The van der Waals surface area contributed by atoms with Gasteiger partial charge in [-0.3, -0.25) is 4.68 Å². The van der Waals surface area contributed by atoms with E-state index in [9.17, 15) is 0 Å². The molecule has 1 rings (SSSR count). The Hall–Kier alpha value is -0.610. The van der Waals surface area contributed by atoms with Crippen molar-refractivity contribution in [1.82, 2.24) is 15.0 Å². The summed E-state index contributed by atoms with van der Waals surface area (Å²) in [5, 5.41) is 7.56. The number of nitrogens with two attached hydrogens (primary N) is 1. The van der Waals surface area contributed by atoms with E-state index in [1.54, 1.807) is 10.9 Å². The first-order valence-corrected chi connectivity index (χ1v) is 4.28. The largest absolute Gasteiger partial charge is 0.326 e. The van der Waals surface area contributed by atoms with Gasteiger partial charge in [0.05, 0.1) is 12.7 Å². The van der Waals surface area contributed by atoms with E-state index in [0.29, 0.717) is 5.92 Å². The maximum absolute atomic E-state index is 5.88. The first-order chi connectivity index (χ1) is 5.68. The van der Waals surface area contributed by atoms with Crippen LogP contribution in [0.5, 0.6) is 0 Å². The molecular weight excluding hydrogens is 188 g/mol. The van der Waals surface area contributed by atoms with Crippen LogP contribution in [0.25, 0.3) is 0 Å². The molecule has 1 atom stereocenters. The van der Waals surface area contributed by atoms with E-state index < -0.39 is 0 Å². The SMILES string of the molecule is CC(C)CC(N)Cn1ccnn1.Cl. The first-order valence-electron chi connectivity index (χ1n) is 4.28. The molecule has 0 aliphatic carbocycles. The molecule has 5 heteroatoms. The van der Waals surface area contributed by atoms with Crippen LogP contribution in [0.1, 0.15) is 20.3 Å². The predicted octanol–water partition coefficient (Wildman–Crippen LogP) is 1.07. The molecule has 0 spiro atoms. The third kappa shape index (κ3) is 4.85. The van der Waals surface area contributed by atoms with Gasteiger partial charge in [-0.1, -0.05) is 19.1 Å². The van der Waals surface area contributed by atoms with Crippen molar-refractivity contribution in [2.24, 2.45) is 11.7 Å². The van der Waals surface area contributed by atoms with E-state index in [1.807, 2.05) is 6.20 Å². The van der Waals surface area contributed by atoms with Gasteiger partial charge >= 0.3 is 0 Å². The quantitative estimate of drug-likeness (QED) is 0.799. The molecule has 76 valence electrons. The van der Waals surface area contributed by atoms with E-state index in [-0.39, 0.29) is 18.4 Å². The Morgan fingerprint density at radius 1 is 1.46 bits per heavy atom. The summed E-state index contributed by atoms with van der Waals surface area (Å²) in [6, 6.07) is 0.187. The minimum absolute atomic E-state index is 0. The van der Waals surface area contributed by atoms with Crippen molar-refractivity contribution in [1.29, 1.82) is 0 Å². The Labute approximate surface area is 84.9 Å². The lowest BCUT2D eigenvalue weighted by atomic mass is 10.1. The molecule has 1 aromatic heterocycles. The average Bonchev–Trinajstić information content (AvgIpc) is 2.37. The minimum Gasteiger partial charge on any atom is -0.326 e. The lowest BCUT2D eigenvalue weighted by Crippen LogP contribution is -2.28. The fraction of sp³-hybridized carbons (Fsp3) is 0.750. The second kappa shape index (κ2) is 5.94. The van der Waals surface area contributed by atoms with Gasteiger partial charge in [-0.05, 0) is 12.3 Å². The van der Waals surface area contributed by atoms with Crippen LogP contribution in [0, 0.1) is 5.92 Å². The van der Waals surface area contributed by atoms with E-state index in [2.05, 4.69) is 24.2 Å². The fourth-order valence-corrected chi connectivity index (χ4v) is 1.25. The molecule has 0 saturated heterocycles. The van der Waals surface area contributed by atoms with E-state index in [4.69, 9.17) is 5.73 Å². The molecule has 0 fully saturated rings. The highest BCUT2D eigenvalue weighted by Crippen LogP contribution is 2.03. The molecule has 0 aliphatic rings. The smallest absolute Gasteiger partial charge is 0.0692 e. The van der Waals surface area contributed by atoms with Crippen LogP contribution in [0.15, 0.2) is 12.4 Å². The Morgan fingerprint density at radius 3 is 2.62 bits per heavy atom. The van der Waals surface area contributed by atoms with Gasteiger partial charge in [0.1, 0.15) is 0 Å². The molecular formula is C8H17ClN4. The summed E-state index contributed by atoms with van der Waals surface area (Å²) in [6.07, 6.45) is 4.53. The van der Waals surface area contributed by atoms with Crippen LogP contribution in [0.4, 0.5) is 0 Å². The summed E-state index contributed by atoms with van der Waals surface area (Å²) < 4.78 is 1.77. The summed E-state index contributed by atoms with van der Waals surface area (Å²) >= 11 is 0. The van der Waals surface area contributed by atoms with Crippen LogP contribution >= 0.6 is 12.4 Å². The highest BCUT2D eigenvalue weighted by atomic mass is 35.5. The number of hydrogen-bond acceptors (Lipinski definition) is 3. The molecule has 0 aliphatic heterocycles. The average molecular weight is 205 g/mol. The number of rotatable bonds is 4.